The molecule has 1 N–H and O–H groups in total. The number of benzene rings is 3. The van der Waals surface area contributed by atoms with Crippen molar-refractivity contribution in [3.63, 3.8) is 0 Å². The number of carbonyl (C=O) groups is 1. The van der Waals surface area contributed by atoms with Crippen LogP contribution in [0.1, 0.15) is 121 Å². The molecule has 5 aromatic heterocycles. The van der Waals surface area contributed by atoms with E-state index in [-0.39, 0.29) is 35.4 Å². The lowest BCUT2D eigenvalue weighted by Crippen LogP contribution is -2.50. The molecule has 15 nitrogen and oxygen atoms in total. The molecular formula is C50H48F2N10O5. The number of piperidine rings is 1. The van der Waals surface area contributed by atoms with Gasteiger partial charge in [-0.15, -0.1) is 0 Å². The van der Waals surface area contributed by atoms with Crippen molar-refractivity contribution in [3.8, 4) is 17.2 Å². The van der Waals surface area contributed by atoms with Gasteiger partial charge < -0.3 is 14.2 Å². The largest absolute Gasteiger partial charge is 0.438 e. The topological polar surface area (TPSA) is 156 Å². The SMILES string of the molecule is Cc1cc(-n2nc3c(c2-n2ccn(-c4ccc5c(cnn5C5CC5)c4F)c2=O)[C@@H]2CCC[C@H](C3)N2C(=O)c2cc3cc(C4CCOCC4)ccc3n2[C@@]2(c3noc(=O)[nH]3)C[C@@H]2C)cc(C)c1F. The highest BCUT2D eigenvalue weighted by Gasteiger charge is 2.59. The average molecular weight is 907 g/mol. The van der Waals surface area contributed by atoms with E-state index in [1.807, 2.05) is 21.7 Å². The summed E-state index contributed by atoms with van der Waals surface area (Å²) in [5, 5.41) is 15.1. The Hall–Kier alpha value is -6.88. The third-order valence-corrected chi connectivity index (χ3v) is 15.5. The number of halogens is 2. The first-order valence-corrected chi connectivity index (χ1v) is 23.5. The van der Waals surface area contributed by atoms with E-state index < -0.39 is 28.8 Å². The molecule has 5 aliphatic rings. The zero-order valence-corrected chi connectivity index (χ0v) is 37.3. The van der Waals surface area contributed by atoms with Crippen LogP contribution in [0, 0.1) is 31.4 Å². The number of hydrogen-bond acceptors (Lipinski definition) is 8. The number of fused-ring (bicyclic) bond motifs is 6. The smallest absolute Gasteiger partial charge is 0.381 e. The van der Waals surface area contributed by atoms with Gasteiger partial charge in [-0.25, -0.2) is 23.1 Å². The summed E-state index contributed by atoms with van der Waals surface area (Å²) >= 11 is 0. The summed E-state index contributed by atoms with van der Waals surface area (Å²) in [6.45, 7) is 6.87. The maximum atomic E-state index is 16.5. The number of imidazole rings is 1. The van der Waals surface area contributed by atoms with Gasteiger partial charge in [-0.3, -0.25) is 28.1 Å². The molecule has 1 amide bonds. The summed E-state index contributed by atoms with van der Waals surface area (Å²) in [6.07, 6.45) is 11.7. The third kappa shape index (κ3) is 5.95. The molecule has 67 heavy (non-hydrogen) atoms. The van der Waals surface area contributed by atoms with Crippen molar-refractivity contribution >= 4 is 27.7 Å². The molecule has 3 aliphatic heterocycles. The molecule has 342 valence electrons. The number of nitrogens with one attached hydrogen (secondary N) is 1. The second-order valence-corrected chi connectivity index (χ2v) is 19.5. The van der Waals surface area contributed by atoms with Gasteiger partial charge in [-0.05, 0) is 136 Å². The number of aromatic amines is 1. The molecule has 2 saturated carbocycles. The second-order valence-electron chi connectivity index (χ2n) is 19.5. The first-order valence-electron chi connectivity index (χ1n) is 23.5. The molecule has 13 rings (SSSR count). The third-order valence-electron chi connectivity index (χ3n) is 15.5. The normalized spacial score (nSPS) is 22.8. The standard InChI is InChI=1S/C50H48F2N10O5/c1-26-19-34(20-27(2)43(26)51)62-45(58-16-15-57(49(58)65)40-12-11-38-35(44(40)52)25-53-61(38)32-8-9-32)42-36(55-62)23-33-5-4-6-39(42)59(33)46(63)41-22-31-21-30(29-13-17-66-18-14-29)7-10-37(31)60(41)50(24-28(50)3)47-54-48(64)67-56-47/h7,10-12,15-16,19-22,25,28-29,32-33,39H,4-6,8-9,13-14,17-18,23-24H2,1-3H3,(H,54,56,64)/t28-,33+,39-,50-/m0/s1. The quantitative estimate of drug-likeness (QED) is 0.161. The van der Waals surface area contributed by atoms with Crippen molar-refractivity contribution in [1.29, 1.82) is 0 Å². The van der Waals surface area contributed by atoms with Crippen molar-refractivity contribution in [2.24, 2.45) is 5.92 Å². The zero-order chi connectivity index (χ0) is 45.6. The van der Waals surface area contributed by atoms with Crippen LogP contribution in [-0.2, 0) is 16.7 Å². The maximum Gasteiger partial charge on any atom is 0.438 e. The second kappa shape index (κ2) is 14.6. The van der Waals surface area contributed by atoms with Crippen LogP contribution in [-0.4, -0.2) is 73.5 Å². The van der Waals surface area contributed by atoms with Crippen LogP contribution >= 0.6 is 0 Å². The number of ether oxygens (including phenoxy) is 1. The van der Waals surface area contributed by atoms with Crippen molar-refractivity contribution in [1.82, 2.24) is 48.3 Å². The Balaban J connectivity index is 0.977. The van der Waals surface area contributed by atoms with Gasteiger partial charge in [-0.2, -0.15) is 10.2 Å². The minimum Gasteiger partial charge on any atom is -0.381 e. The van der Waals surface area contributed by atoms with E-state index in [4.69, 9.17) is 14.4 Å². The first kappa shape index (κ1) is 40.4. The highest BCUT2D eigenvalue weighted by Crippen LogP contribution is 2.56. The number of hydrogen-bond donors (Lipinski definition) is 1. The monoisotopic (exact) mass is 906 g/mol. The molecule has 8 heterocycles. The molecule has 8 aromatic rings. The van der Waals surface area contributed by atoms with Gasteiger partial charge in [0.1, 0.15) is 22.9 Å². The molecule has 0 radical (unpaired) electrons. The van der Waals surface area contributed by atoms with E-state index in [2.05, 4.69) is 44.9 Å². The summed E-state index contributed by atoms with van der Waals surface area (Å²) in [5.41, 5.74) is 4.73. The maximum absolute atomic E-state index is 16.5. The van der Waals surface area contributed by atoms with Crippen LogP contribution in [0.5, 0.6) is 0 Å². The van der Waals surface area contributed by atoms with E-state index in [1.165, 1.54) is 20.9 Å². The lowest BCUT2D eigenvalue weighted by Gasteiger charge is -2.46. The van der Waals surface area contributed by atoms with Gasteiger partial charge >= 0.3 is 11.4 Å². The fourth-order valence-corrected chi connectivity index (χ4v) is 11.9. The molecule has 2 saturated heterocycles. The molecule has 0 spiro atoms. The van der Waals surface area contributed by atoms with Crippen LogP contribution in [0.2, 0.25) is 0 Å². The van der Waals surface area contributed by atoms with Gasteiger partial charge in [0, 0.05) is 54.5 Å². The average Bonchev–Trinajstić information content (AvgIpc) is 3.86. The van der Waals surface area contributed by atoms with Gasteiger partial charge in [0.05, 0.1) is 46.3 Å². The Labute approximate surface area is 381 Å². The van der Waals surface area contributed by atoms with E-state index >= 15 is 13.6 Å². The molecule has 4 fully saturated rings. The highest BCUT2D eigenvalue weighted by molar-refractivity contribution is 6.00. The number of amides is 1. The van der Waals surface area contributed by atoms with Crippen molar-refractivity contribution < 1.29 is 22.8 Å². The highest BCUT2D eigenvalue weighted by atomic mass is 19.1. The Morgan fingerprint density at radius 1 is 0.881 bits per heavy atom. The number of nitrogens with zero attached hydrogens (tertiary/aromatic N) is 9. The van der Waals surface area contributed by atoms with Gasteiger partial charge in [0.2, 0.25) is 0 Å². The Morgan fingerprint density at radius 2 is 1.64 bits per heavy atom. The Morgan fingerprint density at radius 3 is 2.37 bits per heavy atom. The van der Waals surface area contributed by atoms with Crippen molar-refractivity contribution in [3.05, 3.63) is 139 Å². The molecular weight excluding hydrogens is 859 g/mol. The van der Waals surface area contributed by atoms with Gasteiger partial charge in [0.15, 0.2) is 11.6 Å². The van der Waals surface area contributed by atoms with Crippen LogP contribution < -0.4 is 11.4 Å². The number of rotatable bonds is 8. The van der Waals surface area contributed by atoms with Crippen molar-refractivity contribution in [2.75, 3.05) is 13.2 Å². The minimum atomic E-state index is -0.839. The lowest BCUT2D eigenvalue weighted by molar-refractivity contribution is 0.0386. The zero-order valence-electron chi connectivity index (χ0n) is 37.3. The fraction of sp³-hybridized carbons (Fsp3) is 0.400. The number of H-pyrrole nitrogens is 1. The fourth-order valence-electron chi connectivity index (χ4n) is 11.9. The molecule has 2 bridgehead atoms. The molecule has 2 aliphatic carbocycles. The predicted molar refractivity (Wildman–Crippen MR) is 242 cm³/mol. The van der Waals surface area contributed by atoms with Crippen LogP contribution in [0.3, 0.4) is 0 Å². The number of carbonyl (C=O) groups excluding carboxylic acids is 1. The molecule has 17 heteroatoms. The summed E-state index contributed by atoms with van der Waals surface area (Å²) in [5.74, 6) is -0.611. The van der Waals surface area contributed by atoms with E-state index in [0.29, 0.717) is 89.0 Å². The van der Waals surface area contributed by atoms with Gasteiger partial charge in [0.25, 0.3) is 5.91 Å². The van der Waals surface area contributed by atoms with Crippen molar-refractivity contribution in [2.45, 2.75) is 108 Å². The summed E-state index contributed by atoms with van der Waals surface area (Å²) in [7, 11) is 0. The summed E-state index contributed by atoms with van der Waals surface area (Å²) in [4.78, 5) is 48.1. The first-order chi connectivity index (χ1) is 32.5. The van der Waals surface area contributed by atoms with Gasteiger partial charge in [-0.1, -0.05) is 18.1 Å². The Kier molecular flexibility index (Phi) is 8.78. The molecule has 3 aromatic carbocycles. The van der Waals surface area contributed by atoms with E-state index in [9.17, 15) is 9.59 Å². The molecule has 4 atom stereocenters. The van der Waals surface area contributed by atoms with Crippen LogP contribution in [0.25, 0.3) is 39.0 Å². The van der Waals surface area contributed by atoms with Crippen LogP contribution in [0.15, 0.2) is 81.2 Å². The lowest BCUT2D eigenvalue weighted by atomic mass is 9.82. The molecule has 0 unspecified atom stereocenters. The summed E-state index contributed by atoms with van der Waals surface area (Å²) in [6, 6.07) is 14.8. The summed E-state index contributed by atoms with van der Waals surface area (Å²) < 4.78 is 50.9. The predicted octanol–water partition coefficient (Wildman–Crippen LogP) is 7.99. The number of aryl methyl sites for hydroxylation is 2. The van der Waals surface area contributed by atoms with E-state index in [0.717, 1.165) is 55.1 Å². The Bertz CT molecular complexity index is 3460. The van der Waals surface area contributed by atoms with E-state index in [1.54, 1.807) is 49.1 Å². The number of aromatic nitrogens is 9. The van der Waals surface area contributed by atoms with Crippen LogP contribution in [0.4, 0.5) is 8.78 Å². The minimum absolute atomic E-state index is 0.0151.